The van der Waals surface area contributed by atoms with E-state index in [1.54, 1.807) is 6.92 Å². The van der Waals surface area contributed by atoms with E-state index in [0.29, 0.717) is 6.42 Å². The van der Waals surface area contributed by atoms with Crippen molar-refractivity contribution in [3.8, 4) is 0 Å². The molecule has 2 heterocycles. The summed E-state index contributed by atoms with van der Waals surface area (Å²) >= 11 is 0. The Bertz CT molecular complexity index is 207. The number of hydrogen-bond acceptors (Lipinski definition) is 2. The molecule has 68 valence electrons. The summed E-state index contributed by atoms with van der Waals surface area (Å²) in [5, 5.41) is 3.19. The molecule has 3 heteroatoms. The summed E-state index contributed by atoms with van der Waals surface area (Å²) in [5.74, 6) is 0.0413. The number of hydrogen-bond donors (Lipinski definition) is 1. The molecule has 0 spiro atoms. The van der Waals surface area contributed by atoms with Crippen molar-refractivity contribution in [3.63, 3.8) is 0 Å². The van der Waals surface area contributed by atoms with Crippen molar-refractivity contribution in [2.75, 3.05) is 0 Å². The molecular formula is C9H14FNO. The lowest BCUT2D eigenvalue weighted by molar-refractivity contribution is -0.124. The van der Waals surface area contributed by atoms with Crippen molar-refractivity contribution in [1.82, 2.24) is 5.32 Å². The molecular weight excluding hydrogens is 157 g/mol. The molecule has 3 fully saturated rings. The van der Waals surface area contributed by atoms with Crippen LogP contribution in [0.4, 0.5) is 4.39 Å². The third-order valence-corrected chi connectivity index (χ3v) is 3.10. The maximum atomic E-state index is 13.3. The van der Waals surface area contributed by atoms with Crippen LogP contribution in [0, 0.1) is 5.92 Å². The van der Waals surface area contributed by atoms with Crippen LogP contribution in [0.25, 0.3) is 0 Å². The van der Waals surface area contributed by atoms with Gasteiger partial charge in [0.1, 0.15) is 12.0 Å². The second-order valence-corrected chi connectivity index (χ2v) is 3.94. The molecule has 3 rings (SSSR count). The van der Waals surface area contributed by atoms with Crippen LogP contribution < -0.4 is 5.32 Å². The first-order chi connectivity index (χ1) is 5.68. The maximum Gasteiger partial charge on any atom is 0.147 e. The summed E-state index contributed by atoms with van der Waals surface area (Å²) < 4.78 is 13.3. The van der Waals surface area contributed by atoms with Gasteiger partial charge < -0.3 is 5.32 Å². The molecule has 1 aliphatic carbocycles. The van der Waals surface area contributed by atoms with Crippen LogP contribution in [0.2, 0.25) is 0 Å². The highest BCUT2D eigenvalue weighted by atomic mass is 19.1. The van der Waals surface area contributed by atoms with Crippen molar-refractivity contribution in [1.29, 1.82) is 0 Å². The summed E-state index contributed by atoms with van der Waals surface area (Å²) in [6, 6.07) is 0.0476. The van der Waals surface area contributed by atoms with Crippen molar-refractivity contribution in [2.24, 2.45) is 5.92 Å². The number of carbonyl (C=O) groups excluding carboxylic acids is 1. The van der Waals surface area contributed by atoms with Gasteiger partial charge in [-0.05, 0) is 26.2 Å². The molecule has 1 saturated carbocycles. The number of rotatable bonds is 1. The predicted molar refractivity (Wildman–Crippen MR) is 43.6 cm³/mol. The highest BCUT2D eigenvalue weighted by molar-refractivity contribution is 5.82. The lowest BCUT2D eigenvalue weighted by atomic mass is 9.74. The van der Waals surface area contributed by atoms with Crippen LogP contribution in [0.15, 0.2) is 0 Å². The first-order valence-corrected chi connectivity index (χ1v) is 4.59. The minimum atomic E-state index is -0.751. The largest absolute Gasteiger partial charge is 0.304 e. The van der Waals surface area contributed by atoms with E-state index in [4.69, 9.17) is 0 Å². The summed E-state index contributed by atoms with van der Waals surface area (Å²) in [5.41, 5.74) is 0. The van der Waals surface area contributed by atoms with E-state index in [-0.39, 0.29) is 23.8 Å². The highest BCUT2D eigenvalue weighted by Gasteiger charge is 2.43. The van der Waals surface area contributed by atoms with E-state index in [1.165, 1.54) is 0 Å². The van der Waals surface area contributed by atoms with Gasteiger partial charge in [0, 0.05) is 12.0 Å². The molecule has 0 unspecified atom stereocenters. The Balaban J connectivity index is 2.14. The lowest BCUT2D eigenvalue weighted by Crippen LogP contribution is -2.59. The third kappa shape index (κ3) is 1.16. The Kier molecular flexibility index (Phi) is 1.91. The maximum absolute atomic E-state index is 13.3. The monoisotopic (exact) mass is 171 g/mol. The van der Waals surface area contributed by atoms with E-state index in [0.717, 1.165) is 12.8 Å². The van der Waals surface area contributed by atoms with Crippen LogP contribution in [-0.4, -0.2) is 24.0 Å². The standard InChI is InChI=1S/C9H14FNO/c1-5(12)9-7-3-2-6(11-9)4-8(7)10/h6-9,11H,2-4H2,1H3/t6-,7+,8-,9+/m0/s1. The second-order valence-electron chi connectivity index (χ2n) is 3.94. The SMILES string of the molecule is CC(=O)[C@H]1N[C@H]2CC[C@@H]1[C@@H](F)C2. The zero-order valence-corrected chi connectivity index (χ0v) is 7.22. The predicted octanol–water partition coefficient (Wildman–Crippen LogP) is 1.05. The zero-order chi connectivity index (χ0) is 8.72. The van der Waals surface area contributed by atoms with Crippen LogP contribution >= 0.6 is 0 Å². The average molecular weight is 171 g/mol. The molecule has 12 heavy (non-hydrogen) atoms. The van der Waals surface area contributed by atoms with Gasteiger partial charge in [-0.1, -0.05) is 0 Å². The van der Waals surface area contributed by atoms with Crippen LogP contribution in [-0.2, 0) is 4.79 Å². The Morgan fingerprint density at radius 3 is 2.67 bits per heavy atom. The summed E-state index contributed by atoms with van der Waals surface area (Å²) in [6.07, 6.45) is 1.77. The Morgan fingerprint density at radius 2 is 2.25 bits per heavy atom. The molecule has 0 aromatic carbocycles. The molecule has 0 aromatic rings. The first-order valence-electron chi connectivity index (χ1n) is 4.59. The Morgan fingerprint density at radius 1 is 1.50 bits per heavy atom. The molecule has 2 bridgehead atoms. The summed E-state index contributed by atoms with van der Waals surface area (Å²) in [7, 11) is 0. The van der Waals surface area contributed by atoms with Gasteiger partial charge in [0.25, 0.3) is 0 Å². The van der Waals surface area contributed by atoms with E-state index < -0.39 is 6.17 Å². The number of alkyl halides is 1. The van der Waals surface area contributed by atoms with Gasteiger partial charge in [0.05, 0.1) is 6.04 Å². The summed E-state index contributed by atoms with van der Waals surface area (Å²) in [6.45, 7) is 1.55. The smallest absolute Gasteiger partial charge is 0.147 e. The molecule has 0 amide bonds. The number of piperidine rings is 2. The van der Waals surface area contributed by atoms with Crippen molar-refractivity contribution in [3.05, 3.63) is 0 Å². The zero-order valence-electron chi connectivity index (χ0n) is 7.22. The highest BCUT2D eigenvalue weighted by Crippen LogP contribution is 2.35. The van der Waals surface area contributed by atoms with Crippen molar-refractivity contribution >= 4 is 5.78 Å². The number of nitrogens with one attached hydrogen (secondary N) is 1. The van der Waals surface area contributed by atoms with Crippen LogP contribution in [0.5, 0.6) is 0 Å². The first kappa shape index (κ1) is 8.17. The minimum Gasteiger partial charge on any atom is -0.304 e. The number of halogens is 1. The Hall–Kier alpha value is -0.440. The van der Waals surface area contributed by atoms with E-state index in [1.807, 2.05) is 0 Å². The molecule has 2 aliphatic heterocycles. The molecule has 4 atom stereocenters. The van der Waals surface area contributed by atoms with E-state index in [2.05, 4.69) is 5.32 Å². The van der Waals surface area contributed by atoms with Crippen molar-refractivity contribution in [2.45, 2.75) is 44.4 Å². The fourth-order valence-electron chi connectivity index (χ4n) is 2.46. The topological polar surface area (TPSA) is 29.1 Å². The minimum absolute atomic E-state index is 0.0486. The normalized spacial score (nSPS) is 46.2. The van der Waals surface area contributed by atoms with Gasteiger partial charge in [-0.2, -0.15) is 0 Å². The fraction of sp³-hybridized carbons (Fsp3) is 0.889. The number of Topliss-reactive ketones (excluding diaryl/α,β-unsaturated/α-hetero) is 1. The third-order valence-electron chi connectivity index (χ3n) is 3.10. The van der Waals surface area contributed by atoms with Gasteiger partial charge in [-0.15, -0.1) is 0 Å². The van der Waals surface area contributed by atoms with Gasteiger partial charge in [-0.3, -0.25) is 4.79 Å². The summed E-state index contributed by atoms with van der Waals surface area (Å²) in [4.78, 5) is 11.1. The number of ketones is 1. The molecule has 0 aromatic heterocycles. The second kappa shape index (κ2) is 2.80. The number of carbonyl (C=O) groups is 1. The molecule has 1 N–H and O–H groups in total. The van der Waals surface area contributed by atoms with Crippen LogP contribution in [0.3, 0.4) is 0 Å². The van der Waals surface area contributed by atoms with Crippen molar-refractivity contribution < 1.29 is 9.18 Å². The fourth-order valence-corrected chi connectivity index (χ4v) is 2.46. The van der Waals surface area contributed by atoms with E-state index >= 15 is 0 Å². The molecule has 2 nitrogen and oxygen atoms in total. The van der Waals surface area contributed by atoms with Gasteiger partial charge >= 0.3 is 0 Å². The molecule has 0 radical (unpaired) electrons. The number of fused-ring (bicyclic) bond motifs is 3. The molecule has 2 saturated heterocycles. The quantitative estimate of drug-likeness (QED) is 0.639. The Labute approximate surface area is 71.5 Å². The van der Waals surface area contributed by atoms with Gasteiger partial charge in [-0.25, -0.2) is 4.39 Å². The van der Waals surface area contributed by atoms with E-state index in [9.17, 15) is 9.18 Å². The average Bonchev–Trinajstić information content (AvgIpc) is 2.04. The van der Waals surface area contributed by atoms with Gasteiger partial charge in [0.2, 0.25) is 0 Å². The van der Waals surface area contributed by atoms with Crippen LogP contribution in [0.1, 0.15) is 26.2 Å². The lowest BCUT2D eigenvalue weighted by Gasteiger charge is -2.44. The molecule has 3 aliphatic rings. The van der Waals surface area contributed by atoms with Gasteiger partial charge in [0.15, 0.2) is 0 Å².